The van der Waals surface area contributed by atoms with Gasteiger partial charge in [-0.3, -0.25) is 10.1 Å². The van der Waals surface area contributed by atoms with Crippen LogP contribution in [0.2, 0.25) is 0 Å². The molecule has 1 spiro atoms. The predicted octanol–water partition coefficient (Wildman–Crippen LogP) is 1.99. The summed E-state index contributed by atoms with van der Waals surface area (Å²) < 4.78 is 16.8. The van der Waals surface area contributed by atoms with Crippen molar-refractivity contribution in [2.45, 2.75) is 18.9 Å². The van der Waals surface area contributed by atoms with Crippen molar-refractivity contribution in [2.24, 2.45) is 0 Å². The van der Waals surface area contributed by atoms with Gasteiger partial charge in [0.1, 0.15) is 5.60 Å². The monoisotopic (exact) mass is 308 g/mol. The summed E-state index contributed by atoms with van der Waals surface area (Å²) in [5.74, 6) is 0.313. The molecule has 2 aliphatic rings. The lowest BCUT2D eigenvalue weighted by Crippen LogP contribution is -2.52. The van der Waals surface area contributed by atoms with Crippen molar-refractivity contribution < 1.29 is 19.1 Å². The minimum atomic E-state index is -0.416. The van der Waals surface area contributed by atoms with Crippen molar-refractivity contribution in [1.82, 2.24) is 0 Å². The van der Waals surface area contributed by atoms with E-state index in [0.717, 1.165) is 31.8 Å². The molecule has 1 aromatic carbocycles. The van der Waals surface area contributed by atoms with Gasteiger partial charge >= 0.3 is 5.69 Å². The second-order valence-electron chi connectivity index (χ2n) is 5.60. The highest BCUT2D eigenvalue weighted by atomic mass is 16.6. The third kappa shape index (κ3) is 2.86. The molecule has 7 heteroatoms. The number of morpholine rings is 1. The van der Waals surface area contributed by atoms with Crippen LogP contribution in [0.4, 0.5) is 11.4 Å². The van der Waals surface area contributed by atoms with Crippen LogP contribution in [0.1, 0.15) is 13.3 Å². The number of nitro benzene ring substituents is 1. The topological polar surface area (TPSA) is 74.1 Å². The number of nitro groups is 1. The summed E-state index contributed by atoms with van der Waals surface area (Å²) in [5.41, 5.74) is 0.674. The maximum absolute atomic E-state index is 11.1. The molecule has 2 saturated heterocycles. The third-order valence-electron chi connectivity index (χ3n) is 4.12. The Labute approximate surface area is 128 Å². The van der Waals surface area contributed by atoms with Gasteiger partial charge in [-0.05, 0) is 13.0 Å². The van der Waals surface area contributed by atoms with E-state index in [2.05, 4.69) is 4.90 Å². The molecule has 0 amide bonds. The Kier molecular flexibility index (Phi) is 4.17. The molecule has 7 nitrogen and oxygen atoms in total. The van der Waals surface area contributed by atoms with Gasteiger partial charge in [0.2, 0.25) is 0 Å². The zero-order valence-electron chi connectivity index (χ0n) is 12.6. The fourth-order valence-electron chi connectivity index (χ4n) is 3.01. The fraction of sp³-hybridized carbons (Fsp3) is 0.600. The fourth-order valence-corrected chi connectivity index (χ4v) is 3.01. The summed E-state index contributed by atoms with van der Waals surface area (Å²) >= 11 is 0. The van der Waals surface area contributed by atoms with Crippen LogP contribution < -0.4 is 9.64 Å². The van der Waals surface area contributed by atoms with E-state index in [9.17, 15) is 10.1 Å². The molecule has 0 aromatic heterocycles. The van der Waals surface area contributed by atoms with E-state index >= 15 is 0 Å². The standard InChI is InChI=1S/C15H20N2O5/c1-2-21-14-9-12(3-4-13(14)17(18)19)16-6-8-22-15(10-16)5-7-20-11-15/h3-4,9H,2,5-8,10-11H2,1H3. The van der Waals surface area contributed by atoms with Gasteiger partial charge in [0.25, 0.3) is 0 Å². The number of hydrogen-bond acceptors (Lipinski definition) is 6. The highest BCUT2D eigenvalue weighted by Crippen LogP contribution is 2.35. The second-order valence-corrected chi connectivity index (χ2v) is 5.60. The molecular formula is C15H20N2O5. The SMILES string of the molecule is CCOc1cc(N2CCOC3(CCOC3)C2)ccc1[N+](=O)[O-]. The molecule has 1 unspecified atom stereocenters. The van der Waals surface area contributed by atoms with Crippen LogP contribution in [0, 0.1) is 10.1 Å². The summed E-state index contributed by atoms with van der Waals surface area (Å²) in [4.78, 5) is 12.8. The van der Waals surface area contributed by atoms with Gasteiger partial charge in [0.15, 0.2) is 5.75 Å². The highest BCUT2D eigenvalue weighted by molar-refractivity contribution is 5.59. The zero-order valence-corrected chi connectivity index (χ0v) is 12.6. The minimum absolute atomic E-state index is 0.00206. The van der Waals surface area contributed by atoms with E-state index in [1.165, 1.54) is 6.07 Å². The van der Waals surface area contributed by atoms with Crippen molar-refractivity contribution in [3.63, 3.8) is 0 Å². The van der Waals surface area contributed by atoms with Gasteiger partial charge in [-0.25, -0.2) is 0 Å². The number of hydrogen-bond donors (Lipinski definition) is 0. The summed E-state index contributed by atoms with van der Waals surface area (Å²) in [5, 5.41) is 11.1. The number of benzene rings is 1. The summed E-state index contributed by atoms with van der Waals surface area (Å²) in [6.07, 6.45) is 0.884. The van der Waals surface area contributed by atoms with E-state index in [-0.39, 0.29) is 11.3 Å². The molecule has 3 rings (SSSR count). The van der Waals surface area contributed by atoms with Gasteiger partial charge in [-0.1, -0.05) is 0 Å². The molecule has 1 aromatic rings. The van der Waals surface area contributed by atoms with Crippen LogP contribution in [-0.4, -0.2) is 50.0 Å². The average molecular weight is 308 g/mol. The Morgan fingerprint density at radius 1 is 1.45 bits per heavy atom. The Morgan fingerprint density at radius 2 is 2.32 bits per heavy atom. The second kappa shape index (κ2) is 6.10. The Hall–Kier alpha value is -1.86. The van der Waals surface area contributed by atoms with E-state index < -0.39 is 4.92 Å². The highest BCUT2D eigenvalue weighted by Gasteiger charge is 2.40. The van der Waals surface area contributed by atoms with E-state index in [0.29, 0.717) is 25.6 Å². The number of rotatable bonds is 4. The largest absolute Gasteiger partial charge is 0.487 e. The molecule has 2 heterocycles. The summed E-state index contributed by atoms with van der Waals surface area (Å²) in [6.45, 7) is 5.65. The van der Waals surface area contributed by atoms with Crippen LogP contribution in [-0.2, 0) is 9.47 Å². The normalized spacial score (nSPS) is 24.7. The molecule has 2 fully saturated rings. The van der Waals surface area contributed by atoms with Crippen molar-refractivity contribution in [1.29, 1.82) is 0 Å². The van der Waals surface area contributed by atoms with Gasteiger partial charge in [-0.15, -0.1) is 0 Å². The maximum atomic E-state index is 11.1. The van der Waals surface area contributed by atoms with Crippen LogP contribution in [0.3, 0.4) is 0 Å². The molecule has 0 bridgehead atoms. The maximum Gasteiger partial charge on any atom is 0.311 e. The Morgan fingerprint density at radius 3 is 3.00 bits per heavy atom. The molecule has 0 radical (unpaired) electrons. The molecule has 1 atom stereocenters. The molecule has 0 N–H and O–H groups in total. The van der Waals surface area contributed by atoms with E-state index in [4.69, 9.17) is 14.2 Å². The van der Waals surface area contributed by atoms with Gasteiger partial charge in [-0.2, -0.15) is 0 Å². The lowest BCUT2D eigenvalue weighted by Gasteiger charge is -2.40. The lowest BCUT2D eigenvalue weighted by atomic mass is 10.0. The zero-order chi connectivity index (χ0) is 15.6. The van der Waals surface area contributed by atoms with Crippen molar-refractivity contribution >= 4 is 11.4 Å². The first-order valence-electron chi connectivity index (χ1n) is 7.51. The first kappa shape index (κ1) is 15.1. The van der Waals surface area contributed by atoms with Crippen molar-refractivity contribution in [3.05, 3.63) is 28.3 Å². The van der Waals surface area contributed by atoms with Crippen LogP contribution in [0.25, 0.3) is 0 Å². The predicted molar refractivity (Wildman–Crippen MR) is 80.6 cm³/mol. The number of anilines is 1. The van der Waals surface area contributed by atoms with Gasteiger partial charge in [0.05, 0.1) is 24.7 Å². The van der Waals surface area contributed by atoms with Gasteiger partial charge < -0.3 is 19.1 Å². The first-order valence-corrected chi connectivity index (χ1v) is 7.51. The van der Waals surface area contributed by atoms with Gasteiger partial charge in [0, 0.05) is 43.9 Å². The molecular weight excluding hydrogens is 288 g/mol. The van der Waals surface area contributed by atoms with Crippen LogP contribution in [0.15, 0.2) is 18.2 Å². The number of ether oxygens (including phenoxy) is 3. The first-order chi connectivity index (χ1) is 10.6. The van der Waals surface area contributed by atoms with E-state index in [1.54, 1.807) is 12.1 Å². The van der Waals surface area contributed by atoms with Crippen LogP contribution in [0.5, 0.6) is 5.75 Å². The molecule has 0 aliphatic carbocycles. The Bertz CT molecular complexity index is 557. The summed E-state index contributed by atoms with van der Waals surface area (Å²) in [7, 11) is 0. The minimum Gasteiger partial charge on any atom is -0.487 e. The summed E-state index contributed by atoms with van der Waals surface area (Å²) in [6, 6.07) is 5.03. The molecule has 22 heavy (non-hydrogen) atoms. The molecule has 0 saturated carbocycles. The van der Waals surface area contributed by atoms with E-state index in [1.807, 2.05) is 6.92 Å². The van der Waals surface area contributed by atoms with Crippen molar-refractivity contribution in [2.75, 3.05) is 44.4 Å². The smallest absolute Gasteiger partial charge is 0.311 e. The lowest BCUT2D eigenvalue weighted by molar-refractivity contribution is -0.385. The quantitative estimate of drug-likeness (QED) is 0.625. The number of nitrogens with zero attached hydrogens (tertiary/aromatic N) is 2. The van der Waals surface area contributed by atoms with Crippen molar-refractivity contribution in [3.8, 4) is 5.75 Å². The molecule has 120 valence electrons. The Balaban J connectivity index is 1.84. The van der Waals surface area contributed by atoms with Crippen LogP contribution >= 0.6 is 0 Å². The third-order valence-corrected chi connectivity index (χ3v) is 4.12. The average Bonchev–Trinajstić information content (AvgIpc) is 2.95. The molecule has 2 aliphatic heterocycles.